The Morgan fingerprint density at radius 1 is 1.20 bits per heavy atom. The third-order valence-corrected chi connectivity index (χ3v) is 3.32. The Morgan fingerprint density at radius 3 is 2.55 bits per heavy atom. The number of hydrogen-bond donors (Lipinski definition) is 3. The number of nitrogens with two attached hydrogens (primary N) is 2. The second kappa shape index (κ2) is 5.63. The number of anilines is 3. The summed E-state index contributed by atoms with van der Waals surface area (Å²) in [5, 5.41) is 11.5. The molecule has 2 rings (SSSR count). The molecule has 0 aliphatic rings. The number of rotatable bonds is 2. The fourth-order valence-electron chi connectivity index (χ4n) is 1.66. The van der Waals surface area contributed by atoms with Crippen LogP contribution in [0, 0.1) is 11.3 Å². The normalized spacial score (nSPS) is 9.80. The SMILES string of the molecule is N#Cc1ccc(NC(=O)c2ccc(N)cc2N)c(Br)c1. The molecule has 0 heterocycles. The van der Waals surface area contributed by atoms with Crippen molar-refractivity contribution in [2.75, 3.05) is 16.8 Å². The number of carbonyl (C=O) groups excluding carboxylic acids is 1. The molecule has 0 atom stereocenters. The van der Waals surface area contributed by atoms with E-state index in [2.05, 4.69) is 21.2 Å². The highest BCUT2D eigenvalue weighted by atomic mass is 79.9. The first-order chi connectivity index (χ1) is 9.51. The van der Waals surface area contributed by atoms with E-state index in [4.69, 9.17) is 16.7 Å². The number of nitriles is 1. The standard InChI is InChI=1S/C14H11BrN4O/c15-11-5-8(7-16)1-4-13(11)19-14(20)10-3-2-9(17)6-12(10)18/h1-6H,17-18H2,(H,19,20). The Hall–Kier alpha value is -2.52. The summed E-state index contributed by atoms with van der Waals surface area (Å²) in [5.74, 6) is -0.340. The summed E-state index contributed by atoms with van der Waals surface area (Å²) < 4.78 is 0.624. The number of benzene rings is 2. The Labute approximate surface area is 124 Å². The molecule has 0 saturated heterocycles. The van der Waals surface area contributed by atoms with Crippen LogP contribution < -0.4 is 16.8 Å². The molecule has 0 spiro atoms. The Kier molecular flexibility index (Phi) is 3.91. The van der Waals surface area contributed by atoms with Crippen molar-refractivity contribution in [2.45, 2.75) is 0 Å². The maximum absolute atomic E-state index is 12.1. The number of amides is 1. The highest BCUT2D eigenvalue weighted by Gasteiger charge is 2.12. The van der Waals surface area contributed by atoms with Crippen molar-refractivity contribution in [3.05, 3.63) is 52.0 Å². The van der Waals surface area contributed by atoms with Gasteiger partial charge < -0.3 is 16.8 Å². The lowest BCUT2D eigenvalue weighted by molar-refractivity contribution is 0.102. The molecule has 0 aromatic heterocycles. The topological polar surface area (TPSA) is 105 Å². The summed E-state index contributed by atoms with van der Waals surface area (Å²) in [4.78, 5) is 12.1. The third kappa shape index (κ3) is 2.90. The van der Waals surface area contributed by atoms with E-state index in [-0.39, 0.29) is 5.91 Å². The van der Waals surface area contributed by atoms with Crippen LogP contribution in [0.3, 0.4) is 0 Å². The molecule has 0 bridgehead atoms. The highest BCUT2D eigenvalue weighted by Crippen LogP contribution is 2.25. The van der Waals surface area contributed by atoms with Gasteiger partial charge in [-0.1, -0.05) is 0 Å². The van der Waals surface area contributed by atoms with Crippen LogP contribution in [0.25, 0.3) is 0 Å². The second-order valence-electron chi connectivity index (χ2n) is 4.11. The summed E-state index contributed by atoms with van der Waals surface area (Å²) in [7, 11) is 0. The maximum atomic E-state index is 12.1. The second-order valence-corrected chi connectivity index (χ2v) is 4.96. The van der Waals surface area contributed by atoms with Crippen LogP contribution in [0.1, 0.15) is 15.9 Å². The molecule has 6 heteroatoms. The maximum Gasteiger partial charge on any atom is 0.257 e. The van der Waals surface area contributed by atoms with E-state index in [1.807, 2.05) is 6.07 Å². The average molecular weight is 331 g/mol. The van der Waals surface area contributed by atoms with Crippen molar-refractivity contribution in [1.82, 2.24) is 0 Å². The lowest BCUT2D eigenvalue weighted by Crippen LogP contribution is -2.14. The van der Waals surface area contributed by atoms with Crippen LogP contribution >= 0.6 is 15.9 Å². The van der Waals surface area contributed by atoms with Gasteiger partial charge in [-0.15, -0.1) is 0 Å². The zero-order chi connectivity index (χ0) is 14.7. The number of halogens is 1. The summed E-state index contributed by atoms with van der Waals surface area (Å²) in [6.07, 6.45) is 0. The van der Waals surface area contributed by atoms with Crippen molar-refractivity contribution >= 4 is 38.9 Å². The van der Waals surface area contributed by atoms with Gasteiger partial charge in [0.2, 0.25) is 0 Å². The number of carbonyl (C=O) groups is 1. The van der Waals surface area contributed by atoms with Crippen molar-refractivity contribution in [2.24, 2.45) is 0 Å². The summed E-state index contributed by atoms with van der Waals surface area (Å²) in [6, 6.07) is 11.6. The molecular formula is C14H11BrN4O. The number of hydrogen-bond acceptors (Lipinski definition) is 4. The van der Waals surface area contributed by atoms with Gasteiger partial charge in [0.1, 0.15) is 0 Å². The molecule has 5 nitrogen and oxygen atoms in total. The molecule has 0 unspecified atom stereocenters. The molecule has 5 N–H and O–H groups in total. The van der Waals surface area contributed by atoms with E-state index < -0.39 is 0 Å². The highest BCUT2D eigenvalue weighted by molar-refractivity contribution is 9.10. The van der Waals surface area contributed by atoms with Crippen molar-refractivity contribution in [3.8, 4) is 6.07 Å². The van der Waals surface area contributed by atoms with Crippen LogP contribution in [-0.2, 0) is 0 Å². The molecule has 20 heavy (non-hydrogen) atoms. The van der Waals surface area contributed by atoms with Gasteiger partial charge in [-0.2, -0.15) is 5.26 Å². The van der Waals surface area contributed by atoms with Crippen LogP contribution in [0.4, 0.5) is 17.1 Å². The van der Waals surface area contributed by atoms with Crippen molar-refractivity contribution < 1.29 is 4.79 Å². The summed E-state index contributed by atoms with van der Waals surface area (Å²) in [5.41, 5.74) is 13.6. The smallest absolute Gasteiger partial charge is 0.257 e. The van der Waals surface area contributed by atoms with E-state index in [0.29, 0.717) is 32.7 Å². The van der Waals surface area contributed by atoms with Crippen molar-refractivity contribution in [3.63, 3.8) is 0 Å². The van der Waals surface area contributed by atoms with Gasteiger partial charge >= 0.3 is 0 Å². The minimum Gasteiger partial charge on any atom is -0.399 e. The summed E-state index contributed by atoms with van der Waals surface area (Å²) in [6.45, 7) is 0. The van der Waals surface area contributed by atoms with Crippen LogP contribution in [0.2, 0.25) is 0 Å². The number of nitrogen functional groups attached to an aromatic ring is 2. The zero-order valence-corrected chi connectivity index (χ0v) is 11.9. The van der Waals surface area contributed by atoms with Gasteiger partial charge in [-0.3, -0.25) is 4.79 Å². The molecule has 0 saturated carbocycles. The monoisotopic (exact) mass is 330 g/mol. The molecular weight excluding hydrogens is 320 g/mol. The number of nitrogens with zero attached hydrogens (tertiary/aromatic N) is 1. The minimum atomic E-state index is -0.340. The van der Waals surface area contributed by atoms with Gasteiger partial charge in [0, 0.05) is 15.8 Å². The molecule has 0 aliphatic heterocycles. The largest absolute Gasteiger partial charge is 0.399 e. The minimum absolute atomic E-state index is 0.312. The zero-order valence-electron chi connectivity index (χ0n) is 10.4. The predicted octanol–water partition coefficient (Wildman–Crippen LogP) is 2.74. The first kappa shape index (κ1) is 13.9. The fraction of sp³-hybridized carbons (Fsp3) is 0. The number of nitrogens with one attached hydrogen (secondary N) is 1. The van der Waals surface area contributed by atoms with Crippen LogP contribution in [0.15, 0.2) is 40.9 Å². The van der Waals surface area contributed by atoms with E-state index >= 15 is 0 Å². The molecule has 100 valence electrons. The first-order valence-electron chi connectivity index (χ1n) is 5.67. The van der Waals surface area contributed by atoms with Crippen LogP contribution in [0.5, 0.6) is 0 Å². The molecule has 2 aromatic rings. The van der Waals surface area contributed by atoms with E-state index in [1.54, 1.807) is 30.3 Å². The van der Waals surface area contributed by atoms with Gasteiger partial charge in [-0.25, -0.2) is 0 Å². The molecule has 0 radical (unpaired) electrons. The van der Waals surface area contributed by atoms with E-state index in [9.17, 15) is 4.79 Å². The Bertz CT molecular complexity index is 722. The third-order valence-electron chi connectivity index (χ3n) is 2.67. The van der Waals surface area contributed by atoms with Gasteiger partial charge in [0.15, 0.2) is 0 Å². The lowest BCUT2D eigenvalue weighted by Gasteiger charge is -2.09. The predicted molar refractivity (Wildman–Crippen MR) is 82.1 cm³/mol. The van der Waals surface area contributed by atoms with E-state index in [1.165, 1.54) is 6.07 Å². The summed E-state index contributed by atoms with van der Waals surface area (Å²) >= 11 is 3.30. The quantitative estimate of drug-likeness (QED) is 0.736. The van der Waals surface area contributed by atoms with Gasteiger partial charge in [0.25, 0.3) is 5.91 Å². The lowest BCUT2D eigenvalue weighted by atomic mass is 10.1. The van der Waals surface area contributed by atoms with Crippen molar-refractivity contribution in [1.29, 1.82) is 5.26 Å². The molecule has 0 aliphatic carbocycles. The fourth-order valence-corrected chi connectivity index (χ4v) is 2.14. The average Bonchev–Trinajstić information content (AvgIpc) is 2.40. The molecule has 1 amide bonds. The Morgan fingerprint density at radius 2 is 1.95 bits per heavy atom. The van der Waals surface area contributed by atoms with Gasteiger partial charge in [0.05, 0.1) is 22.9 Å². The Balaban J connectivity index is 2.26. The van der Waals surface area contributed by atoms with Crippen LogP contribution in [-0.4, -0.2) is 5.91 Å². The molecule has 2 aromatic carbocycles. The first-order valence-corrected chi connectivity index (χ1v) is 6.46. The molecule has 0 fully saturated rings. The van der Waals surface area contributed by atoms with E-state index in [0.717, 1.165) is 0 Å². The van der Waals surface area contributed by atoms with Gasteiger partial charge in [-0.05, 0) is 52.3 Å².